The zero-order chi connectivity index (χ0) is 12.7. The summed E-state index contributed by atoms with van der Waals surface area (Å²) in [5.41, 5.74) is 2.37. The smallest absolute Gasteiger partial charge is 0.127 e. The monoisotopic (exact) mass is 330 g/mol. The van der Waals surface area contributed by atoms with Crippen molar-refractivity contribution >= 4 is 27.5 Å². The Balaban J connectivity index is 1.92. The van der Waals surface area contributed by atoms with E-state index in [-0.39, 0.29) is 5.38 Å². The largest absolute Gasteiger partial charge is 0.493 e. The van der Waals surface area contributed by atoms with Gasteiger partial charge in [0.1, 0.15) is 5.75 Å². The van der Waals surface area contributed by atoms with Crippen LogP contribution in [0.25, 0.3) is 0 Å². The molecule has 3 rings (SSSR count). The van der Waals surface area contributed by atoms with Crippen molar-refractivity contribution in [2.75, 3.05) is 13.2 Å². The quantitative estimate of drug-likeness (QED) is 0.760. The van der Waals surface area contributed by atoms with Crippen LogP contribution in [0.3, 0.4) is 0 Å². The fourth-order valence-corrected chi connectivity index (χ4v) is 3.67. The van der Waals surface area contributed by atoms with Crippen molar-refractivity contribution in [3.63, 3.8) is 0 Å². The second kappa shape index (κ2) is 5.03. The fourth-order valence-electron chi connectivity index (χ4n) is 2.81. The van der Waals surface area contributed by atoms with E-state index in [1.54, 1.807) is 0 Å². The van der Waals surface area contributed by atoms with Gasteiger partial charge in [-0.3, -0.25) is 0 Å². The molecule has 3 atom stereocenters. The van der Waals surface area contributed by atoms with Gasteiger partial charge in [-0.2, -0.15) is 0 Å². The second-order valence-corrected chi connectivity index (χ2v) is 6.51. The minimum atomic E-state index is -0.0284. The van der Waals surface area contributed by atoms with E-state index < -0.39 is 0 Å². The van der Waals surface area contributed by atoms with Gasteiger partial charge >= 0.3 is 0 Å². The van der Waals surface area contributed by atoms with E-state index in [9.17, 15) is 0 Å². The first kappa shape index (κ1) is 12.8. The lowest BCUT2D eigenvalue weighted by atomic mass is 9.94. The highest BCUT2D eigenvalue weighted by Gasteiger charge is 2.32. The maximum atomic E-state index is 6.65. The van der Waals surface area contributed by atoms with Crippen molar-refractivity contribution < 1.29 is 9.47 Å². The summed E-state index contributed by atoms with van der Waals surface area (Å²) in [5.74, 6) is 1.38. The molecular weight excluding hydrogens is 316 g/mol. The molecule has 0 N–H and O–H groups in total. The van der Waals surface area contributed by atoms with Crippen LogP contribution in [0.2, 0.25) is 0 Å². The Kier molecular flexibility index (Phi) is 3.57. The van der Waals surface area contributed by atoms with Gasteiger partial charge in [0.25, 0.3) is 0 Å². The SMILES string of the molecule is CC1CC(C(Cl)c2cc(Br)cc3c2OCC3)CO1. The predicted octanol–water partition coefficient (Wildman–Crippen LogP) is 4.09. The van der Waals surface area contributed by atoms with E-state index in [0.717, 1.165) is 41.8 Å². The lowest BCUT2D eigenvalue weighted by Crippen LogP contribution is -2.09. The summed E-state index contributed by atoms with van der Waals surface area (Å²) >= 11 is 10.2. The molecule has 2 nitrogen and oxygen atoms in total. The number of rotatable bonds is 2. The first-order valence-corrected chi connectivity index (χ1v) is 7.59. The highest BCUT2D eigenvalue weighted by Crippen LogP contribution is 2.44. The second-order valence-electron chi connectivity index (χ2n) is 5.12. The molecule has 0 spiro atoms. The third kappa shape index (κ3) is 2.28. The lowest BCUT2D eigenvalue weighted by molar-refractivity contribution is 0.119. The highest BCUT2D eigenvalue weighted by atomic mass is 79.9. The topological polar surface area (TPSA) is 18.5 Å². The summed E-state index contributed by atoms with van der Waals surface area (Å²) in [4.78, 5) is 0. The number of alkyl halides is 1. The average molecular weight is 332 g/mol. The fraction of sp³-hybridized carbons (Fsp3) is 0.571. The van der Waals surface area contributed by atoms with Crippen LogP contribution >= 0.6 is 27.5 Å². The molecule has 18 heavy (non-hydrogen) atoms. The molecule has 1 saturated heterocycles. The molecule has 0 amide bonds. The van der Waals surface area contributed by atoms with Crippen molar-refractivity contribution in [3.05, 3.63) is 27.7 Å². The van der Waals surface area contributed by atoms with E-state index in [4.69, 9.17) is 21.1 Å². The van der Waals surface area contributed by atoms with Crippen molar-refractivity contribution in [2.24, 2.45) is 5.92 Å². The first-order valence-electron chi connectivity index (χ1n) is 6.36. The van der Waals surface area contributed by atoms with E-state index >= 15 is 0 Å². The van der Waals surface area contributed by atoms with Crippen LogP contribution in [0.1, 0.15) is 29.8 Å². The predicted molar refractivity (Wildman–Crippen MR) is 75.5 cm³/mol. The normalized spacial score (nSPS) is 27.9. The molecule has 1 aromatic rings. The summed E-state index contributed by atoms with van der Waals surface area (Å²) in [6, 6.07) is 4.22. The van der Waals surface area contributed by atoms with Gasteiger partial charge in [0.15, 0.2) is 0 Å². The van der Waals surface area contributed by atoms with Gasteiger partial charge in [0.05, 0.1) is 24.7 Å². The number of ether oxygens (including phenoxy) is 2. The number of fused-ring (bicyclic) bond motifs is 1. The van der Waals surface area contributed by atoms with Crippen LogP contribution in [0, 0.1) is 5.92 Å². The molecule has 98 valence electrons. The Morgan fingerprint density at radius 3 is 3.00 bits per heavy atom. The Bertz CT molecular complexity index is 463. The van der Waals surface area contributed by atoms with Crippen molar-refractivity contribution in [3.8, 4) is 5.75 Å². The van der Waals surface area contributed by atoms with Crippen LogP contribution in [-0.4, -0.2) is 19.3 Å². The minimum absolute atomic E-state index is 0.0284. The van der Waals surface area contributed by atoms with Gasteiger partial charge in [-0.05, 0) is 31.0 Å². The summed E-state index contributed by atoms with van der Waals surface area (Å²) < 4.78 is 12.4. The molecule has 2 aliphatic heterocycles. The minimum Gasteiger partial charge on any atom is -0.493 e. The Hall–Kier alpha value is -0.250. The summed E-state index contributed by atoms with van der Waals surface area (Å²) in [6.45, 7) is 3.61. The third-order valence-corrected chi connectivity index (χ3v) is 4.77. The Morgan fingerprint density at radius 1 is 1.44 bits per heavy atom. The average Bonchev–Trinajstić information content (AvgIpc) is 2.95. The summed E-state index contributed by atoms with van der Waals surface area (Å²) in [7, 11) is 0. The Labute approximate surface area is 121 Å². The van der Waals surface area contributed by atoms with Gasteiger partial charge < -0.3 is 9.47 Å². The molecule has 0 bridgehead atoms. The standard InChI is InChI=1S/C14H16BrClO2/c1-8-4-10(7-18-8)13(16)12-6-11(15)5-9-2-3-17-14(9)12/h5-6,8,10,13H,2-4,7H2,1H3. The molecule has 1 aromatic carbocycles. The maximum Gasteiger partial charge on any atom is 0.127 e. The molecule has 1 fully saturated rings. The summed E-state index contributed by atoms with van der Waals surface area (Å²) in [5, 5.41) is -0.0284. The molecular formula is C14H16BrClO2. The van der Waals surface area contributed by atoms with Gasteiger partial charge in [0.2, 0.25) is 0 Å². The third-order valence-electron chi connectivity index (χ3n) is 3.72. The van der Waals surface area contributed by atoms with Crippen molar-refractivity contribution in [2.45, 2.75) is 31.2 Å². The van der Waals surface area contributed by atoms with Crippen LogP contribution in [-0.2, 0) is 11.2 Å². The summed E-state index contributed by atoms with van der Waals surface area (Å²) in [6.07, 6.45) is 2.32. The van der Waals surface area contributed by atoms with E-state index in [1.165, 1.54) is 5.56 Å². The van der Waals surface area contributed by atoms with Gasteiger partial charge in [-0.15, -0.1) is 11.6 Å². The lowest BCUT2D eigenvalue weighted by Gasteiger charge is -2.19. The van der Waals surface area contributed by atoms with Crippen LogP contribution in [0.4, 0.5) is 0 Å². The molecule has 3 unspecified atom stereocenters. The van der Waals surface area contributed by atoms with Gasteiger partial charge in [0, 0.05) is 22.4 Å². The molecule has 2 heterocycles. The number of hydrogen-bond donors (Lipinski definition) is 0. The number of hydrogen-bond acceptors (Lipinski definition) is 2. The molecule has 0 saturated carbocycles. The van der Waals surface area contributed by atoms with Gasteiger partial charge in [-0.25, -0.2) is 0 Å². The molecule has 0 aromatic heterocycles. The van der Waals surface area contributed by atoms with Crippen LogP contribution < -0.4 is 4.74 Å². The van der Waals surface area contributed by atoms with Crippen LogP contribution in [0.5, 0.6) is 5.75 Å². The van der Waals surface area contributed by atoms with Gasteiger partial charge in [-0.1, -0.05) is 15.9 Å². The maximum absolute atomic E-state index is 6.65. The molecule has 4 heteroatoms. The molecule has 2 aliphatic rings. The van der Waals surface area contributed by atoms with E-state index in [0.29, 0.717) is 12.0 Å². The zero-order valence-electron chi connectivity index (χ0n) is 10.3. The first-order chi connectivity index (χ1) is 8.65. The van der Waals surface area contributed by atoms with E-state index in [1.807, 2.05) is 0 Å². The van der Waals surface area contributed by atoms with Crippen LogP contribution in [0.15, 0.2) is 16.6 Å². The van der Waals surface area contributed by atoms with Crippen molar-refractivity contribution in [1.82, 2.24) is 0 Å². The zero-order valence-corrected chi connectivity index (χ0v) is 12.6. The van der Waals surface area contributed by atoms with Crippen molar-refractivity contribution in [1.29, 1.82) is 0 Å². The number of halogens is 2. The Morgan fingerprint density at radius 2 is 2.28 bits per heavy atom. The molecule has 0 aliphatic carbocycles. The number of benzene rings is 1. The molecule has 0 radical (unpaired) electrons. The highest BCUT2D eigenvalue weighted by molar-refractivity contribution is 9.10. The van der Waals surface area contributed by atoms with E-state index in [2.05, 4.69) is 35.0 Å².